The molecule has 0 aliphatic heterocycles. The molecule has 0 bridgehead atoms. The lowest BCUT2D eigenvalue weighted by atomic mass is 10.4. The Labute approximate surface area is 84.9 Å². The fourth-order valence-corrected chi connectivity index (χ4v) is 1.23. The van der Waals surface area contributed by atoms with Crippen molar-refractivity contribution in [2.45, 2.75) is 0 Å². The minimum atomic E-state index is -0.841. The molecular formula is C7H8N2O4S. The molecule has 0 aromatic heterocycles. The van der Waals surface area contributed by atoms with Gasteiger partial charge in [-0.3, -0.25) is 14.9 Å². The van der Waals surface area contributed by atoms with E-state index in [1.807, 2.05) is 0 Å². The molecular weight excluding hydrogens is 208 g/mol. The molecule has 0 amide bonds. The highest BCUT2D eigenvalue weighted by molar-refractivity contribution is 8.02. The number of rotatable bonds is 4. The molecule has 0 unspecified atom stereocenters. The zero-order valence-corrected chi connectivity index (χ0v) is 8.46. The minimum absolute atomic E-state index is 0.108. The minimum Gasteiger partial charge on any atom is -0.474 e. The normalized spacial score (nSPS) is 11.2. The van der Waals surface area contributed by atoms with E-state index in [0.29, 0.717) is 0 Å². The number of carbonyl (C=O) groups is 1. The first kappa shape index (κ1) is 12.4. The maximum absolute atomic E-state index is 11.0. The molecule has 0 N–H and O–H groups in total. The maximum Gasteiger partial charge on any atom is 0.337 e. The van der Waals surface area contributed by atoms with Crippen LogP contribution in [-0.4, -0.2) is 30.8 Å². The number of esters is 1. The molecule has 0 atom stereocenters. The van der Waals surface area contributed by atoms with Crippen molar-refractivity contribution < 1.29 is 14.5 Å². The summed E-state index contributed by atoms with van der Waals surface area (Å²) in [5.74, 6) is -0.841. The van der Waals surface area contributed by atoms with Gasteiger partial charge in [-0.15, -0.1) is 11.8 Å². The smallest absolute Gasteiger partial charge is 0.337 e. The van der Waals surface area contributed by atoms with Gasteiger partial charge in [-0.25, -0.2) is 4.85 Å². The molecule has 0 aromatic rings. The molecule has 0 rings (SSSR count). The van der Waals surface area contributed by atoms with Crippen molar-refractivity contribution in [2.75, 3.05) is 19.9 Å². The number of thioether (sulfide) groups is 1. The quantitative estimate of drug-likeness (QED) is 0.230. The predicted molar refractivity (Wildman–Crippen MR) is 51.0 cm³/mol. The highest BCUT2D eigenvalue weighted by Crippen LogP contribution is 2.19. The largest absolute Gasteiger partial charge is 0.474 e. The summed E-state index contributed by atoms with van der Waals surface area (Å²) >= 11 is 0.998. The van der Waals surface area contributed by atoms with Gasteiger partial charge in [0.05, 0.1) is 18.6 Å². The molecule has 0 saturated carbocycles. The van der Waals surface area contributed by atoms with Gasteiger partial charge in [0.15, 0.2) is 0 Å². The van der Waals surface area contributed by atoms with Crippen LogP contribution in [0.4, 0.5) is 0 Å². The highest BCUT2D eigenvalue weighted by Gasteiger charge is 2.19. The van der Waals surface area contributed by atoms with Crippen LogP contribution in [-0.2, 0) is 9.53 Å². The second-order valence-electron chi connectivity index (χ2n) is 2.07. The zero-order valence-electron chi connectivity index (χ0n) is 7.64. The summed E-state index contributed by atoms with van der Waals surface area (Å²) in [5, 5.41) is 10.2. The van der Waals surface area contributed by atoms with Crippen LogP contribution in [0, 0.1) is 16.7 Å². The number of hydrogen-bond acceptors (Lipinski definition) is 5. The van der Waals surface area contributed by atoms with Crippen LogP contribution in [0.3, 0.4) is 0 Å². The number of ether oxygens (including phenoxy) is 1. The number of nitro groups is 1. The van der Waals surface area contributed by atoms with Gasteiger partial charge in [-0.2, -0.15) is 0 Å². The van der Waals surface area contributed by atoms with Gasteiger partial charge >= 0.3 is 5.97 Å². The number of nitrogens with zero attached hydrogens (tertiary/aromatic N) is 2. The third-order valence-electron chi connectivity index (χ3n) is 1.27. The third kappa shape index (κ3) is 3.45. The zero-order chi connectivity index (χ0) is 11.1. The van der Waals surface area contributed by atoms with Gasteiger partial charge in [0.2, 0.25) is 6.54 Å². The predicted octanol–water partition coefficient (Wildman–Crippen LogP) is 0.930. The SMILES string of the molecule is [C-]#[N+]/C(C(=O)OC)=C(/C[N+](=O)[O-])SC. The second kappa shape index (κ2) is 5.99. The van der Waals surface area contributed by atoms with Crippen molar-refractivity contribution in [1.29, 1.82) is 0 Å². The Hall–Kier alpha value is -1.55. The lowest BCUT2D eigenvalue weighted by Gasteiger charge is -2.01. The molecule has 76 valence electrons. The molecule has 0 spiro atoms. The lowest BCUT2D eigenvalue weighted by molar-refractivity contribution is -0.469. The Kier molecular flexibility index (Phi) is 5.33. The van der Waals surface area contributed by atoms with Crippen LogP contribution in [0.15, 0.2) is 10.6 Å². The van der Waals surface area contributed by atoms with Gasteiger partial charge < -0.3 is 4.74 Å². The highest BCUT2D eigenvalue weighted by atomic mass is 32.2. The van der Waals surface area contributed by atoms with Gasteiger partial charge in [-0.05, 0) is 6.26 Å². The van der Waals surface area contributed by atoms with Gasteiger partial charge in [-0.1, -0.05) is 0 Å². The molecule has 0 fully saturated rings. The van der Waals surface area contributed by atoms with Crippen LogP contribution in [0.25, 0.3) is 4.85 Å². The van der Waals surface area contributed by atoms with Crippen LogP contribution < -0.4 is 0 Å². The van der Waals surface area contributed by atoms with E-state index in [9.17, 15) is 14.9 Å². The summed E-state index contributed by atoms with van der Waals surface area (Å²) in [5.41, 5.74) is -0.322. The summed E-state index contributed by atoms with van der Waals surface area (Å²) < 4.78 is 4.32. The van der Waals surface area contributed by atoms with Crippen molar-refractivity contribution in [1.82, 2.24) is 0 Å². The maximum atomic E-state index is 11.0. The summed E-state index contributed by atoms with van der Waals surface area (Å²) in [7, 11) is 1.12. The standard InChI is InChI=1S/C7H8N2O4S/c1-8-6(7(10)13-2)5(14-3)4-9(11)12/h4H2,2-3H3/b6-5-. The monoisotopic (exact) mass is 216 g/mol. The fourth-order valence-electron chi connectivity index (χ4n) is 0.672. The van der Waals surface area contributed by atoms with E-state index in [1.165, 1.54) is 0 Å². The average molecular weight is 216 g/mol. The fraction of sp³-hybridized carbons (Fsp3) is 0.429. The number of methoxy groups -OCH3 is 1. The molecule has 0 heterocycles. The van der Waals surface area contributed by atoms with E-state index >= 15 is 0 Å². The van der Waals surface area contributed by atoms with Crippen molar-refractivity contribution in [3.05, 3.63) is 32.1 Å². The third-order valence-corrected chi connectivity index (χ3v) is 2.09. The molecule has 14 heavy (non-hydrogen) atoms. The van der Waals surface area contributed by atoms with Crippen LogP contribution in [0.2, 0.25) is 0 Å². The van der Waals surface area contributed by atoms with E-state index in [4.69, 9.17) is 6.57 Å². The van der Waals surface area contributed by atoms with E-state index < -0.39 is 17.4 Å². The Morgan fingerprint density at radius 3 is 2.57 bits per heavy atom. The van der Waals surface area contributed by atoms with Crippen LogP contribution in [0.5, 0.6) is 0 Å². The number of hydrogen-bond donors (Lipinski definition) is 0. The van der Waals surface area contributed by atoms with E-state index in [2.05, 4.69) is 9.58 Å². The Bertz CT molecular complexity index is 318. The molecule has 0 aliphatic carbocycles. The van der Waals surface area contributed by atoms with Gasteiger partial charge in [0.1, 0.15) is 0 Å². The lowest BCUT2D eigenvalue weighted by Crippen LogP contribution is -2.09. The van der Waals surface area contributed by atoms with Crippen molar-refractivity contribution in [3.8, 4) is 0 Å². The molecule has 7 heteroatoms. The summed E-state index contributed by atoms with van der Waals surface area (Å²) in [4.78, 5) is 23.6. The molecule has 6 nitrogen and oxygen atoms in total. The van der Waals surface area contributed by atoms with Crippen molar-refractivity contribution >= 4 is 17.7 Å². The first-order valence-electron chi connectivity index (χ1n) is 3.41. The molecule has 0 saturated heterocycles. The van der Waals surface area contributed by atoms with Gasteiger partial charge in [0, 0.05) is 4.92 Å². The Balaban J connectivity index is 5.03. The van der Waals surface area contributed by atoms with E-state index in [1.54, 1.807) is 6.26 Å². The molecule has 0 radical (unpaired) electrons. The van der Waals surface area contributed by atoms with E-state index in [-0.39, 0.29) is 10.6 Å². The topological polar surface area (TPSA) is 73.8 Å². The summed E-state index contributed by atoms with van der Waals surface area (Å²) in [6, 6.07) is 0. The van der Waals surface area contributed by atoms with Crippen molar-refractivity contribution in [2.24, 2.45) is 0 Å². The van der Waals surface area contributed by atoms with E-state index in [0.717, 1.165) is 18.9 Å². The Morgan fingerprint density at radius 2 is 2.29 bits per heavy atom. The first-order valence-corrected chi connectivity index (χ1v) is 4.64. The molecule has 0 aromatic carbocycles. The summed E-state index contributed by atoms with van der Waals surface area (Å²) in [6.07, 6.45) is 1.56. The first-order chi connectivity index (χ1) is 6.56. The summed E-state index contributed by atoms with van der Waals surface area (Å²) in [6.45, 7) is 6.17. The Morgan fingerprint density at radius 1 is 1.71 bits per heavy atom. The van der Waals surface area contributed by atoms with Crippen LogP contribution in [0.1, 0.15) is 0 Å². The van der Waals surface area contributed by atoms with Crippen molar-refractivity contribution in [3.63, 3.8) is 0 Å². The number of carbonyl (C=O) groups excluding carboxylic acids is 1. The van der Waals surface area contributed by atoms with Crippen LogP contribution >= 0.6 is 11.8 Å². The van der Waals surface area contributed by atoms with Gasteiger partial charge in [0.25, 0.3) is 5.70 Å². The average Bonchev–Trinajstić information content (AvgIpc) is 2.16. The second-order valence-corrected chi connectivity index (χ2v) is 2.97. The molecule has 0 aliphatic rings.